The molecule has 1 fully saturated rings. The second-order valence-corrected chi connectivity index (χ2v) is 9.15. The highest BCUT2D eigenvalue weighted by atomic mass is 32.2. The molecule has 0 unspecified atom stereocenters. The molecule has 0 radical (unpaired) electrons. The third-order valence-corrected chi connectivity index (χ3v) is 7.21. The number of hydrogen-bond acceptors (Lipinski definition) is 6. The lowest BCUT2D eigenvalue weighted by Gasteiger charge is -2.27. The molecule has 31 heavy (non-hydrogen) atoms. The zero-order valence-corrected chi connectivity index (χ0v) is 18.9. The number of benzene rings is 1. The number of methoxy groups -OCH3 is 1. The maximum Gasteiger partial charge on any atom is 0.354 e. The fraction of sp³-hybridized carbons (Fsp3) is 0.429. The number of amides is 1. The van der Waals surface area contributed by atoms with E-state index in [2.05, 4.69) is 0 Å². The van der Waals surface area contributed by atoms with Crippen molar-refractivity contribution in [3.05, 3.63) is 42.2 Å². The fourth-order valence-corrected chi connectivity index (χ4v) is 5.40. The van der Waals surface area contributed by atoms with Crippen LogP contribution in [0.4, 0.5) is 5.69 Å². The number of aromatic nitrogens is 1. The normalized spacial score (nSPS) is 16.8. The van der Waals surface area contributed by atoms with Crippen LogP contribution >= 0.6 is 0 Å². The van der Waals surface area contributed by atoms with Gasteiger partial charge in [-0.25, -0.2) is 13.2 Å². The van der Waals surface area contributed by atoms with E-state index in [0.29, 0.717) is 30.9 Å². The van der Waals surface area contributed by atoms with Gasteiger partial charge in [0, 0.05) is 32.5 Å². The first kappa shape index (κ1) is 22.8. The molecule has 168 valence electrons. The van der Waals surface area contributed by atoms with Gasteiger partial charge in [-0.2, -0.15) is 4.31 Å². The second-order valence-electron chi connectivity index (χ2n) is 7.26. The molecule has 9 nitrogen and oxygen atoms in total. The molecule has 0 N–H and O–H groups in total. The van der Waals surface area contributed by atoms with Crippen molar-refractivity contribution in [3.8, 4) is 5.75 Å². The number of rotatable bonds is 7. The Kier molecular flexibility index (Phi) is 6.71. The first-order valence-electron chi connectivity index (χ1n) is 9.97. The monoisotopic (exact) mass is 449 g/mol. The molecule has 0 saturated carbocycles. The Morgan fingerprint density at radius 3 is 2.52 bits per heavy atom. The highest BCUT2D eigenvalue weighted by molar-refractivity contribution is 7.89. The molecule has 1 amide bonds. The smallest absolute Gasteiger partial charge is 0.354 e. The molecule has 1 atom stereocenters. The lowest BCUT2D eigenvalue weighted by atomic mass is 10.2. The number of hydrogen-bond donors (Lipinski definition) is 0. The average molecular weight is 450 g/mol. The van der Waals surface area contributed by atoms with Crippen LogP contribution in [-0.2, 0) is 26.6 Å². The van der Waals surface area contributed by atoms with Crippen LogP contribution in [0.25, 0.3) is 0 Å². The van der Waals surface area contributed by atoms with Gasteiger partial charge in [-0.1, -0.05) is 0 Å². The Balaban J connectivity index is 1.84. The van der Waals surface area contributed by atoms with Crippen molar-refractivity contribution in [2.45, 2.75) is 30.7 Å². The Hall–Kier alpha value is -2.85. The van der Waals surface area contributed by atoms with E-state index in [-0.39, 0.29) is 23.0 Å². The van der Waals surface area contributed by atoms with Crippen LogP contribution in [0.3, 0.4) is 0 Å². The summed E-state index contributed by atoms with van der Waals surface area (Å²) in [5.41, 5.74) is 0.764. The quantitative estimate of drug-likeness (QED) is 0.600. The number of aryl methyl sites for hydroxylation is 1. The molecule has 10 heteroatoms. The molecule has 1 aliphatic rings. The van der Waals surface area contributed by atoms with Crippen molar-refractivity contribution in [2.75, 3.05) is 32.2 Å². The van der Waals surface area contributed by atoms with Gasteiger partial charge < -0.3 is 18.9 Å². The van der Waals surface area contributed by atoms with Crippen LogP contribution in [0.15, 0.2) is 41.4 Å². The zero-order valence-electron chi connectivity index (χ0n) is 18.1. The van der Waals surface area contributed by atoms with Gasteiger partial charge in [0.1, 0.15) is 22.4 Å². The summed E-state index contributed by atoms with van der Waals surface area (Å²) in [6.45, 7) is 2.66. The summed E-state index contributed by atoms with van der Waals surface area (Å²) in [5, 5.41) is 0. The van der Waals surface area contributed by atoms with Gasteiger partial charge in [0.15, 0.2) is 0 Å². The molecule has 0 bridgehead atoms. The largest absolute Gasteiger partial charge is 0.494 e. The summed E-state index contributed by atoms with van der Waals surface area (Å²) in [5.74, 6) is -0.245. The van der Waals surface area contributed by atoms with Crippen LogP contribution < -0.4 is 9.64 Å². The highest BCUT2D eigenvalue weighted by Crippen LogP contribution is 2.29. The first-order valence-corrected chi connectivity index (χ1v) is 11.4. The van der Waals surface area contributed by atoms with Gasteiger partial charge in [0.05, 0.1) is 13.7 Å². The number of carbonyl (C=O) groups excluding carboxylic acids is 2. The van der Waals surface area contributed by atoms with E-state index in [9.17, 15) is 18.0 Å². The molecule has 1 aromatic carbocycles. The predicted octanol–water partition coefficient (Wildman–Crippen LogP) is 2.03. The minimum absolute atomic E-state index is 0.0428. The van der Waals surface area contributed by atoms with Gasteiger partial charge in [-0.15, -0.1) is 0 Å². The SMILES string of the molecule is CCOc1ccc(N(C)C(=O)[C@@H]2CCCN2S(=O)(=O)c2cc(C(=O)OC)n(C)c2)cc1. The molecule has 1 aliphatic heterocycles. The molecular formula is C21H27N3O6S. The number of likely N-dealkylation sites (N-methyl/N-ethyl adjacent to an activating group) is 1. The van der Waals surface area contributed by atoms with E-state index < -0.39 is 22.0 Å². The number of ether oxygens (including phenoxy) is 2. The van der Waals surface area contributed by atoms with E-state index in [4.69, 9.17) is 9.47 Å². The van der Waals surface area contributed by atoms with Gasteiger partial charge in [0.25, 0.3) is 0 Å². The summed E-state index contributed by atoms with van der Waals surface area (Å²) in [6.07, 6.45) is 2.36. The summed E-state index contributed by atoms with van der Waals surface area (Å²) in [6, 6.07) is 7.52. The fourth-order valence-electron chi connectivity index (χ4n) is 3.68. The van der Waals surface area contributed by atoms with E-state index in [1.54, 1.807) is 38.4 Å². The van der Waals surface area contributed by atoms with E-state index in [1.807, 2.05) is 6.92 Å². The lowest BCUT2D eigenvalue weighted by molar-refractivity contribution is -0.121. The van der Waals surface area contributed by atoms with Crippen LogP contribution in [0.5, 0.6) is 5.75 Å². The topological polar surface area (TPSA) is 98.2 Å². The van der Waals surface area contributed by atoms with E-state index >= 15 is 0 Å². The van der Waals surface area contributed by atoms with Crippen molar-refractivity contribution in [1.82, 2.24) is 8.87 Å². The molecular weight excluding hydrogens is 422 g/mol. The molecule has 1 saturated heterocycles. The molecule has 0 spiro atoms. The molecule has 3 rings (SSSR count). The molecule has 1 aromatic heterocycles. The Labute approximate surface area is 182 Å². The molecule has 0 aliphatic carbocycles. The number of nitrogens with zero attached hydrogens (tertiary/aromatic N) is 3. The van der Waals surface area contributed by atoms with Gasteiger partial charge in [-0.3, -0.25) is 4.79 Å². The Morgan fingerprint density at radius 1 is 1.23 bits per heavy atom. The van der Waals surface area contributed by atoms with Gasteiger partial charge >= 0.3 is 5.97 Å². The summed E-state index contributed by atoms with van der Waals surface area (Å²) in [4.78, 5) is 26.5. The van der Waals surface area contributed by atoms with Gasteiger partial charge in [0.2, 0.25) is 15.9 Å². The Bertz CT molecular complexity index is 1060. The third kappa shape index (κ3) is 4.45. The van der Waals surface area contributed by atoms with E-state index in [1.165, 1.54) is 33.1 Å². The van der Waals surface area contributed by atoms with Crippen LogP contribution in [0.1, 0.15) is 30.3 Å². The number of carbonyl (C=O) groups is 2. The summed E-state index contributed by atoms with van der Waals surface area (Å²) < 4.78 is 39.3. The highest BCUT2D eigenvalue weighted by Gasteiger charge is 2.41. The van der Waals surface area contributed by atoms with Crippen LogP contribution in [-0.4, -0.2) is 62.5 Å². The van der Waals surface area contributed by atoms with Crippen LogP contribution in [0.2, 0.25) is 0 Å². The number of anilines is 1. The molecule has 2 heterocycles. The predicted molar refractivity (Wildman–Crippen MR) is 115 cm³/mol. The minimum Gasteiger partial charge on any atom is -0.494 e. The second kappa shape index (κ2) is 9.11. The van der Waals surface area contributed by atoms with Crippen molar-refractivity contribution >= 4 is 27.6 Å². The maximum absolute atomic E-state index is 13.3. The van der Waals surface area contributed by atoms with Crippen molar-refractivity contribution < 1.29 is 27.5 Å². The van der Waals surface area contributed by atoms with Gasteiger partial charge in [-0.05, 0) is 50.1 Å². The minimum atomic E-state index is -3.97. The van der Waals surface area contributed by atoms with E-state index in [0.717, 1.165) is 0 Å². The first-order chi connectivity index (χ1) is 14.7. The average Bonchev–Trinajstić information content (AvgIpc) is 3.41. The van der Waals surface area contributed by atoms with Crippen molar-refractivity contribution in [3.63, 3.8) is 0 Å². The number of sulfonamides is 1. The third-order valence-electron chi connectivity index (χ3n) is 5.34. The van der Waals surface area contributed by atoms with Crippen molar-refractivity contribution in [1.29, 1.82) is 0 Å². The maximum atomic E-state index is 13.3. The lowest BCUT2D eigenvalue weighted by Crippen LogP contribution is -2.46. The zero-order chi connectivity index (χ0) is 22.8. The Morgan fingerprint density at radius 2 is 1.90 bits per heavy atom. The van der Waals surface area contributed by atoms with Crippen molar-refractivity contribution in [2.24, 2.45) is 7.05 Å². The van der Waals surface area contributed by atoms with Crippen LogP contribution in [0, 0.1) is 0 Å². The molecule has 2 aromatic rings. The summed E-state index contributed by atoms with van der Waals surface area (Å²) in [7, 11) is 0.454. The number of esters is 1. The standard InChI is InChI=1S/C21H27N3O6S/c1-5-30-16-10-8-15(9-11-16)23(3)20(25)18-7-6-12-24(18)31(27,28)17-13-19(21(26)29-4)22(2)14-17/h8-11,13-14,18H,5-7,12H2,1-4H3/t18-/m0/s1. The summed E-state index contributed by atoms with van der Waals surface area (Å²) >= 11 is 0.